The molecule has 0 aliphatic carbocycles. The second-order valence-corrected chi connectivity index (χ2v) is 5.78. The summed E-state index contributed by atoms with van der Waals surface area (Å²) in [5, 5.41) is 4.04. The quantitative estimate of drug-likeness (QED) is 0.856. The van der Waals surface area contributed by atoms with E-state index < -0.39 is 0 Å². The van der Waals surface area contributed by atoms with Crippen LogP contribution in [0.25, 0.3) is 0 Å². The van der Waals surface area contributed by atoms with Crippen LogP contribution in [-0.2, 0) is 6.42 Å². The largest absolute Gasteiger partial charge is 0.374 e. The molecule has 0 aliphatic heterocycles. The molecule has 2 aromatic rings. The highest BCUT2D eigenvalue weighted by molar-refractivity contribution is 6.31. The van der Waals surface area contributed by atoms with E-state index in [2.05, 4.69) is 72.7 Å². The third-order valence-corrected chi connectivity index (χ3v) is 4.23. The second-order valence-electron chi connectivity index (χ2n) is 5.37. The molecule has 1 unspecified atom stereocenters. The van der Waals surface area contributed by atoms with Gasteiger partial charge in [-0.05, 0) is 43.7 Å². The van der Waals surface area contributed by atoms with Crippen molar-refractivity contribution in [1.82, 2.24) is 5.32 Å². The molecule has 112 valence electrons. The van der Waals surface area contributed by atoms with Gasteiger partial charge in [-0.3, -0.25) is 0 Å². The summed E-state index contributed by atoms with van der Waals surface area (Å²) in [5.74, 6) is 0. The van der Waals surface area contributed by atoms with Crippen molar-refractivity contribution < 1.29 is 0 Å². The van der Waals surface area contributed by atoms with E-state index in [9.17, 15) is 0 Å². The van der Waals surface area contributed by atoms with Crippen LogP contribution in [0.1, 0.15) is 24.1 Å². The highest BCUT2D eigenvalue weighted by atomic mass is 35.5. The van der Waals surface area contributed by atoms with Crippen LogP contribution in [0.2, 0.25) is 5.02 Å². The van der Waals surface area contributed by atoms with Crippen LogP contribution < -0.4 is 10.2 Å². The lowest BCUT2D eigenvalue weighted by Gasteiger charge is -2.21. The van der Waals surface area contributed by atoms with Gasteiger partial charge in [-0.15, -0.1) is 0 Å². The zero-order valence-corrected chi connectivity index (χ0v) is 13.7. The lowest BCUT2D eigenvalue weighted by atomic mass is 10.1. The van der Waals surface area contributed by atoms with Crippen LogP contribution in [0.4, 0.5) is 5.69 Å². The average molecular weight is 303 g/mol. The predicted octanol–water partition coefficient (Wildman–Crippen LogP) is 4.30. The van der Waals surface area contributed by atoms with E-state index in [0.29, 0.717) is 0 Å². The van der Waals surface area contributed by atoms with E-state index >= 15 is 0 Å². The molecule has 0 amide bonds. The van der Waals surface area contributed by atoms with Gasteiger partial charge in [-0.1, -0.05) is 48.0 Å². The Bertz CT molecular complexity index is 569. The zero-order valence-electron chi connectivity index (χ0n) is 12.9. The number of hydrogen-bond donors (Lipinski definition) is 1. The summed E-state index contributed by atoms with van der Waals surface area (Å²) in [6.07, 6.45) is 1.03. The molecule has 0 heterocycles. The Kier molecular flexibility index (Phi) is 5.66. The van der Waals surface area contributed by atoms with Crippen LogP contribution in [0.15, 0.2) is 48.5 Å². The molecule has 1 atom stereocenters. The van der Waals surface area contributed by atoms with Crippen molar-refractivity contribution in [2.45, 2.75) is 19.4 Å². The predicted molar refractivity (Wildman–Crippen MR) is 92.3 cm³/mol. The van der Waals surface area contributed by atoms with Crippen LogP contribution in [0, 0.1) is 0 Å². The Hall–Kier alpha value is -1.51. The summed E-state index contributed by atoms with van der Waals surface area (Å²) < 4.78 is 0. The molecule has 3 heteroatoms. The summed E-state index contributed by atoms with van der Waals surface area (Å²) in [6.45, 7) is 3.08. The van der Waals surface area contributed by atoms with Crippen LogP contribution in [0.3, 0.4) is 0 Å². The number of benzene rings is 2. The van der Waals surface area contributed by atoms with Crippen LogP contribution in [-0.4, -0.2) is 20.6 Å². The number of nitrogens with one attached hydrogen (secondary N) is 1. The first-order chi connectivity index (χ1) is 10.1. The van der Waals surface area contributed by atoms with Crippen molar-refractivity contribution in [3.8, 4) is 0 Å². The van der Waals surface area contributed by atoms with E-state index in [1.807, 2.05) is 7.05 Å². The van der Waals surface area contributed by atoms with Gasteiger partial charge in [0, 0.05) is 30.3 Å². The summed E-state index contributed by atoms with van der Waals surface area (Å²) >= 11 is 6.40. The number of likely N-dealkylation sites (N-methyl/N-ethyl adjacent to an activating group) is 1. The van der Waals surface area contributed by atoms with Crippen molar-refractivity contribution in [1.29, 1.82) is 0 Å². The maximum Gasteiger partial charge on any atom is 0.0474 e. The summed E-state index contributed by atoms with van der Waals surface area (Å²) in [5.41, 5.74) is 3.65. The number of anilines is 1. The molecule has 0 radical (unpaired) electrons. The highest BCUT2D eigenvalue weighted by Crippen LogP contribution is 2.27. The van der Waals surface area contributed by atoms with Crippen molar-refractivity contribution in [2.24, 2.45) is 0 Å². The fourth-order valence-corrected chi connectivity index (χ4v) is 2.67. The summed E-state index contributed by atoms with van der Waals surface area (Å²) in [7, 11) is 4.05. The topological polar surface area (TPSA) is 15.3 Å². The molecule has 2 rings (SSSR count). The molecule has 0 fully saturated rings. The zero-order chi connectivity index (χ0) is 15.2. The van der Waals surface area contributed by atoms with E-state index in [1.165, 1.54) is 5.56 Å². The molecule has 2 aromatic carbocycles. The smallest absolute Gasteiger partial charge is 0.0474 e. The van der Waals surface area contributed by atoms with Crippen LogP contribution >= 0.6 is 11.6 Å². The van der Waals surface area contributed by atoms with Gasteiger partial charge in [-0.2, -0.15) is 0 Å². The summed E-state index contributed by atoms with van der Waals surface area (Å²) in [6, 6.07) is 17.1. The fraction of sp³-hybridized carbons (Fsp3) is 0.333. The minimum Gasteiger partial charge on any atom is -0.374 e. The Morgan fingerprint density at radius 3 is 2.48 bits per heavy atom. The SMILES string of the molecule is CNC(C)c1ccc(N(C)CCc2ccccc2)cc1Cl. The third kappa shape index (κ3) is 4.23. The second kappa shape index (κ2) is 7.48. The Morgan fingerprint density at radius 2 is 1.86 bits per heavy atom. The van der Waals surface area contributed by atoms with E-state index in [1.54, 1.807) is 0 Å². The molecule has 0 aliphatic rings. The molecular formula is C18H23ClN2. The van der Waals surface area contributed by atoms with Gasteiger partial charge in [0.2, 0.25) is 0 Å². The first-order valence-electron chi connectivity index (χ1n) is 7.33. The van der Waals surface area contributed by atoms with Crippen LogP contribution in [0.5, 0.6) is 0 Å². The van der Waals surface area contributed by atoms with Gasteiger partial charge in [0.25, 0.3) is 0 Å². The Morgan fingerprint density at radius 1 is 1.14 bits per heavy atom. The van der Waals surface area contributed by atoms with Gasteiger partial charge in [-0.25, -0.2) is 0 Å². The normalized spacial score (nSPS) is 12.2. The molecule has 0 saturated carbocycles. The maximum atomic E-state index is 6.40. The van der Waals surface area contributed by atoms with Gasteiger partial charge in [0.1, 0.15) is 0 Å². The average Bonchev–Trinajstić information content (AvgIpc) is 2.52. The monoisotopic (exact) mass is 302 g/mol. The van der Waals surface area contributed by atoms with Gasteiger partial charge in [0.05, 0.1) is 0 Å². The lowest BCUT2D eigenvalue weighted by Crippen LogP contribution is -2.20. The van der Waals surface area contributed by atoms with Gasteiger partial charge >= 0.3 is 0 Å². The number of halogens is 1. The number of hydrogen-bond acceptors (Lipinski definition) is 2. The fourth-order valence-electron chi connectivity index (χ4n) is 2.33. The maximum absolute atomic E-state index is 6.40. The molecule has 21 heavy (non-hydrogen) atoms. The summed E-state index contributed by atoms with van der Waals surface area (Å²) in [4.78, 5) is 2.24. The van der Waals surface area contributed by atoms with Crippen molar-refractivity contribution in [3.05, 3.63) is 64.7 Å². The van der Waals surface area contributed by atoms with E-state index in [0.717, 1.165) is 29.2 Å². The Balaban J connectivity index is 2.02. The molecule has 0 saturated heterocycles. The number of rotatable bonds is 6. The van der Waals surface area contributed by atoms with Gasteiger partial charge < -0.3 is 10.2 Å². The molecule has 0 spiro atoms. The van der Waals surface area contributed by atoms with Gasteiger partial charge in [0.15, 0.2) is 0 Å². The van der Waals surface area contributed by atoms with E-state index in [-0.39, 0.29) is 6.04 Å². The molecular weight excluding hydrogens is 280 g/mol. The van der Waals surface area contributed by atoms with Crippen molar-refractivity contribution >= 4 is 17.3 Å². The first-order valence-corrected chi connectivity index (χ1v) is 7.71. The third-order valence-electron chi connectivity index (χ3n) is 3.90. The van der Waals surface area contributed by atoms with E-state index in [4.69, 9.17) is 11.6 Å². The Labute approximate surface area is 132 Å². The molecule has 0 bridgehead atoms. The molecule has 1 N–H and O–H groups in total. The molecule has 0 aromatic heterocycles. The van der Waals surface area contributed by atoms with Crippen molar-refractivity contribution in [2.75, 3.05) is 25.5 Å². The first kappa shape index (κ1) is 15.9. The molecule has 2 nitrogen and oxygen atoms in total. The lowest BCUT2D eigenvalue weighted by molar-refractivity contribution is 0.652. The van der Waals surface area contributed by atoms with Crippen molar-refractivity contribution in [3.63, 3.8) is 0 Å². The minimum atomic E-state index is 0.265. The highest BCUT2D eigenvalue weighted by Gasteiger charge is 2.10. The standard InChI is InChI=1S/C18H23ClN2/c1-14(20-2)17-10-9-16(13-18(17)19)21(3)12-11-15-7-5-4-6-8-15/h4-10,13-14,20H,11-12H2,1-3H3. The number of nitrogens with zero attached hydrogens (tertiary/aromatic N) is 1. The minimum absolute atomic E-state index is 0.265.